The van der Waals surface area contributed by atoms with Crippen molar-refractivity contribution >= 4 is 17.9 Å². The van der Waals surface area contributed by atoms with Gasteiger partial charge in [-0.2, -0.15) is 0 Å². The van der Waals surface area contributed by atoms with Gasteiger partial charge in [-0.1, -0.05) is 286 Å². The molecule has 0 saturated heterocycles. The molecular weight excluding hydrogens is 901 g/mol. The first-order chi connectivity index (χ1) is 36.0. The Morgan fingerprint density at radius 2 is 0.562 bits per heavy atom. The number of hydrogen-bond acceptors (Lipinski definition) is 6. The number of allylic oxidation sites excluding steroid dienone is 12. The lowest BCUT2D eigenvalue weighted by Crippen LogP contribution is -2.30. The van der Waals surface area contributed by atoms with E-state index in [1.54, 1.807) is 0 Å². The SMILES string of the molecule is CC/C=C\C/C=C\C/C=C\C/C=C\C/C=C\CCCCCCCCCCCCCCCCCC(=O)OCC(COC(=O)CCCCCCC/C=C\CCC)OC(=O)CCCCCCCCCCCCCCCC. The summed E-state index contributed by atoms with van der Waals surface area (Å²) in [6.45, 7) is 6.49. The number of esters is 3. The molecule has 0 saturated carbocycles. The standard InChI is InChI=1S/C67H118O6/c1-4-7-10-13-16-19-22-24-26-27-28-29-30-31-32-33-34-35-36-37-38-39-40-41-42-44-45-48-51-54-57-60-66(69)72-63-64(62-71-65(68)59-56-53-50-47-21-18-15-12-9-6-3)73-67(70)61-58-55-52-49-46-43-25-23-20-17-14-11-8-5-2/h7,10,12,15-16,19,24,26,28-29,31-32,64H,4-6,8-9,11,13-14,17-18,20-23,25,27,30,33-63H2,1-3H3/b10-7-,15-12-,19-16-,26-24-,29-28-,32-31-. The van der Waals surface area contributed by atoms with Crippen molar-refractivity contribution in [3.63, 3.8) is 0 Å². The first kappa shape index (κ1) is 69.8. The number of rotatable bonds is 57. The van der Waals surface area contributed by atoms with Gasteiger partial charge in [-0.05, 0) is 83.5 Å². The van der Waals surface area contributed by atoms with Crippen LogP contribution in [0.4, 0.5) is 0 Å². The molecule has 73 heavy (non-hydrogen) atoms. The van der Waals surface area contributed by atoms with E-state index in [4.69, 9.17) is 14.2 Å². The molecule has 0 radical (unpaired) electrons. The summed E-state index contributed by atoms with van der Waals surface area (Å²) in [7, 11) is 0. The number of carbonyl (C=O) groups is 3. The van der Waals surface area contributed by atoms with E-state index >= 15 is 0 Å². The van der Waals surface area contributed by atoms with Crippen molar-refractivity contribution in [2.75, 3.05) is 13.2 Å². The second-order valence-electron chi connectivity index (χ2n) is 20.9. The second kappa shape index (κ2) is 61.4. The molecule has 0 spiro atoms. The van der Waals surface area contributed by atoms with Gasteiger partial charge in [0.25, 0.3) is 0 Å². The minimum Gasteiger partial charge on any atom is -0.462 e. The molecule has 6 nitrogen and oxygen atoms in total. The van der Waals surface area contributed by atoms with Gasteiger partial charge in [0.1, 0.15) is 13.2 Å². The van der Waals surface area contributed by atoms with Crippen LogP contribution in [0.5, 0.6) is 0 Å². The molecule has 0 N–H and O–H groups in total. The summed E-state index contributed by atoms with van der Waals surface area (Å²) in [6.07, 6.45) is 79.2. The number of carbonyl (C=O) groups excluding carboxylic acids is 3. The molecule has 1 atom stereocenters. The van der Waals surface area contributed by atoms with Gasteiger partial charge in [0.2, 0.25) is 0 Å². The van der Waals surface area contributed by atoms with Crippen LogP contribution in [0.1, 0.15) is 316 Å². The van der Waals surface area contributed by atoms with Crippen LogP contribution in [-0.2, 0) is 28.6 Å². The molecule has 0 aromatic rings. The maximum absolute atomic E-state index is 12.8. The van der Waals surface area contributed by atoms with Crippen molar-refractivity contribution in [2.45, 2.75) is 322 Å². The van der Waals surface area contributed by atoms with Crippen molar-refractivity contribution in [2.24, 2.45) is 0 Å². The largest absolute Gasteiger partial charge is 0.462 e. The molecule has 0 rings (SSSR count). The number of unbranched alkanes of at least 4 members (excludes halogenated alkanes) is 34. The Balaban J connectivity index is 4.10. The lowest BCUT2D eigenvalue weighted by Gasteiger charge is -2.18. The van der Waals surface area contributed by atoms with Gasteiger partial charge in [-0.15, -0.1) is 0 Å². The molecule has 0 aliphatic heterocycles. The maximum Gasteiger partial charge on any atom is 0.306 e. The molecule has 0 aliphatic rings. The fourth-order valence-corrected chi connectivity index (χ4v) is 9.00. The van der Waals surface area contributed by atoms with Crippen molar-refractivity contribution in [3.8, 4) is 0 Å². The molecule has 0 aliphatic carbocycles. The number of hydrogen-bond donors (Lipinski definition) is 0. The average molecular weight is 1020 g/mol. The van der Waals surface area contributed by atoms with E-state index in [0.717, 1.165) is 103 Å². The van der Waals surface area contributed by atoms with Crippen LogP contribution < -0.4 is 0 Å². The smallest absolute Gasteiger partial charge is 0.306 e. The zero-order chi connectivity index (χ0) is 52.9. The van der Waals surface area contributed by atoms with Crippen LogP contribution in [-0.4, -0.2) is 37.2 Å². The maximum atomic E-state index is 12.8. The Labute approximate surface area is 453 Å². The van der Waals surface area contributed by atoms with Gasteiger partial charge in [0.05, 0.1) is 0 Å². The first-order valence-electron chi connectivity index (χ1n) is 31.4. The molecule has 1 unspecified atom stereocenters. The Kier molecular flexibility index (Phi) is 58.7. The Hall–Kier alpha value is -3.15. The quantitative estimate of drug-likeness (QED) is 0.0261. The van der Waals surface area contributed by atoms with Crippen molar-refractivity contribution in [1.29, 1.82) is 0 Å². The van der Waals surface area contributed by atoms with Gasteiger partial charge in [-0.3, -0.25) is 14.4 Å². The molecule has 0 amide bonds. The molecule has 6 heteroatoms. The molecule has 0 bridgehead atoms. The van der Waals surface area contributed by atoms with Gasteiger partial charge in [-0.25, -0.2) is 0 Å². The van der Waals surface area contributed by atoms with Gasteiger partial charge in [0.15, 0.2) is 6.10 Å². The predicted molar refractivity (Wildman–Crippen MR) is 316 cm³/mol. The first-order valence-corrected chi connectivity index (χ1v) is 31.4. The summed E-state index contributed by atoms with van der Waals surface area (Å²) < 4.78 is 16.9. The van der Waals surface area contributed by atoms with E-state index < -0.39 is 6.10 Å². The lowest BCUT2D eigenvalue weighted by atomic mass is 10.0. The zero-order valence-corrected chi connectivity index (χ0v) is 48.4. The van der Waals surface area contributed by atoms with Gasteiger partial charge < -0.3 is 14.2 Å². The third-order valence-corrected chi connectivity index (χ3v) is 13.7. The molecule has 0 heterocycles. The summed E-state index contributed by atoms with van der Waals surface area (Å²) >= 11 is 0. The molecule has 0 aromatic heterocycles. The van der Waals surface area contributed by atoms with Crippen LogP contribution in [0.15, 0.2) is 72.9 Å². The second-order valence-corrected chi connectivity index (χ2v) is 20.9. The monoisotopic (exact) mass is 1020 g/mol. The normalized spacial score (nSPS) is 12.5. The van der Waals surface area contributed by atoms with E-state index in [1.165, 1.54) is 173 Å². The molecule has 0 aromatic carbocycles. The Morgan fingerprint density at radius 3 is 0.904 bits per heavy atom. The minimum atomic E-state index is -0.774. The van der Waals surface area contributed by atoms with Crippen LogP contribution in [0.2, 0.25) is 0 Å². The van der Waals surface area contributed by atoms with Crippen LogP contribution in [0.25, 0.3) is 0 Å². The zero-order valence-electron chi connectivity index (χ0n) is 48.4. The summed E-state index contributed by atoms with van der Waals surface area (Å²) in [5.74, 6) is -0.871. The summed E-state index contributed by atoms with van der Waals surface area (Å²) in [6, 6.07) is 0. The van der Waals surface area contributed by atoms with Crippen LogP contribution in [0.3, 0.4) is 0 Å². The van der Waals surface area contributed by atoms with Gasteiger partial charge >= 0.3 is 17.9 Å². The Morgan fingerprint density at radius 1 is 0.288 bits per heavy atom. The van der Waals surface area contributed by atoms with Crippen molar-refractivity contribution in [1.82, 2.24) is 0 Å². The van der Waals surface area contributed by atoms with E-state index in [0.29, 0.717) is 19.3 Å². The highest BCUT2D eigenvalue weighted by atomic mass is 16.6. The van der Waals surface area contributed by atoms with Crippen molar-refractivity contribution < 1.29 is 28.6 Å². The average Bonchev–Trinajstić information content (AvgIpc) is 3.39. The minimum absolute atomic E-state index is 0.0737. The summed E-state index contributed by atoms with van der Waals surface area (Å²) in [5, 5.41) is 0. The highest BCUT2D eigenvalue weighted by molar-refractivity contribution is 5.71. The summed E-state index contributed by atoms with van der Waals surface area (Å²) in [5.41, 5.74) is 0. The molecule has 0 fully saturated rings. The van der Waals surface area contributed by atoms with E-state index in [-0.39, 0.29) is 31.1 Å². The van der Waals surface area contributed by atoms with Crippen molar-refractivity contribution in [3.05, 3.63) is 72.9 Å². The molecular formula is C67H118O6. The third-order valence-electron chi connectivity index (χ3n) is 13.7. The summed E-state index contributed by atoms with van der Waals surface area (Å²) in [4.78, 5) is 38.1. The fraction of sp³-hybridized carbons (Fsp3) is 0.776. The Bertz CT molecular complexity index is 1360. The van der Waals surface area contributed by atoms with E-state index in [9.17, 15) is 14.4 Å². The number of ether oxygens (including phenoxy) is 3. The van der Waals surface area contributed by atoms with E-state index in [1.807, 2.05) is 0 Å². The lowest BCUT2D eigenvalue weighted by molar-refractivity contribution is -0.167. The topological polar surface area (TPSA) is 78.9 Å². The predicted octanol–water partition coefficient (Wildman–Crippen LogP) is 21.3. The van der Waals surface area contributed by atoms with E-state index in [2.05, 4.69) is 93.7 Å². The fourth-order valence-electron chi connectivity index (χ4n) is 9.00. The highest BCUT2D eigenvalue weighted by Gasteiger charge is 2.19. The van der Waals surface area contributed by atoms with Gasteiger partial charge in [0, 0.05) is 19.3 Å². The van der Waals surface area contributed by atoms with Crippen LogP contribution >= 0.6 is 0 Å². The van der Waals surface area contributed by atoms with Crippen LogP contribution in [0, 0.1) is 0 Å². The molecule has 422 valence electrons. The third kappa shape index (κ3) is 59.6. The highest BCUT2D eigenvalue weighted by Crippen LogP contribution is 2.17.